The van der Waals surface area contributed by atoms with Crippen molar-refractivity contribution in [2.24, 2.45) is 0 Å². The molecule has 0 N–H and O–H groups in total. The Morgan fingerprint density at radius 1 is 0.944 bits per heavy atom. The number of hydrogen-bond donors (Lipinski definition) is 0. The normalized spacial score (nSPS) is 13.8. The van der Waals surface area contributed by atoms with Crippen LogP contribution in [0.1, 0.15) is 6.92 Å². The van der Waals surface area contributed by atoms with Crippen molar-refractivity contribution in [2.75, 3.05) is 31.1 Å². The third-order valence-electron chi connectivity index (χ3n) is 6.43. The molecule has 0 bridgehead atoms. The molecule has 0 spiro atoms. The molecule has 0 atom stereocenters. The number of carbonyl (C=O) groups is 1. The van der Waals surface area contributed by atoms with E-state index < -0.39 is 11.2 Å². The lowest BCUT2D eigenvalue weighted by Crippen LogP contribution is -2.51. The van der Waals surface area contributed by atoms with Gasteiger partial charge in [0.05, 0.1) is 0 Å². The minimum Gasteiger partial charge on any atom is -0.368 e. The molecule has 2 aromatic heterocycles. The number of halogens is 1. The number of rotatable bonds is 5. The van der Waals surface area contributed by atoms with Crippen molar-refractivity contribution in [3.63, 3.8) is 0 Å². The van der Waals surface area contributed by atoms with Gasteiger partial charge in [-0.05, 0) is 31.2 Å². The molecule has 1 amide bonds. The van der Waals surface area contributed by atoms with Crippen molar-refractivity contribution in [2.45, 2.75) is 20.0 Å². The van der Waals surface area contributed by atoms with Gasteiger partial charge in [-0.3, -0.25) is 18.7 Å². The van der Waals surface area contributed by atoms with Crippen molar-refractivity contribution >= 4 is 22.6 Å². The maximum Gasteiger partial charge on any atom is 0.333 e. The average molecular weight is 489 g/mol. The molecule has 2 aromatic carbocycles. The van der Waals surface area contributed by atoms with Crippen LogP contribution >= 0.6 is 0 Å². The Bertz CT molecular complexity index is 1520. The van der Waals surface area contributed by atoms with Crippen molar-refractivity contribution in [3.05, 3.63) is 87.4 Å². The van der Waals surface area contributed by atoms with Gasteiger partial charge >= 0.3 is 5.69 Å². The number of aromatic nitrogens is 4. The lowest BCUT2D eigenvalue weighted by Gasteiger charge is -2.36. The average Bonchev–Trinajstić information content (AvgIpc) is 2.92. The second-order valence-corrected chi connectivity index (χ2v) is 8.56. The van der Waals surface area contributed by atoms with E-state index in [1.807, 2.05) is 30.3 Å². The zero-order valence-corrected chi connectivity index (χ0v) is 19.8. The van der Waals surface area contributed by atoms with Crippen molar-refractivity contribution < 1.29 is 9.18 Å². The fourth-order valence-electron chi connectivity index (χ4n) is 4.45. The number of benzene rings is 2. The van der Waals surface area contributed by atoms with Crippen LogP contribution < -0.4 is 16.1 Å². The predicted octanol–water partition coefficient (Wildman–Crippen LogP) is 2.13. The molecule has 10 heteroatoms. The van der Waals surface area contributed by atoms with Gasteiger partial charge in [0.1, 0.15) is 17.7 Å². The van der Waals surface area contributed by atoms with Gasteiger partial charge in [-0.25, -0.2) is 19.2 Å². The van der Waals surface area contributed by atoms with Gasteiger partial charge in [-0.2, -0.15) is 0 Å². The van der Waals surface area contributed by atoms with Gasteiger partial charge in [0.15, 0.2) is 11.5 Å². The highest BCUT2D eigenvalue weighted by Crippen LogP contribution is 2.18. The molecule has 36 heavy (non-hydrogen) atoms. The molecule has 1 aliphatic heterocycles. The van der Waals surface area contributed by atoms with E-state index in [1.54, 1.807) is 24.0 Å². The van der Waals surface area contributed by atoms with E-state index in [0.29, 0.717) is 32.0 Å². The van der Waals surface area contributed by atoms with E-state index in [0.717, 1.165) is 15.8 Å². The number of carbonyl (C=O) groups excluding carboxylic acids is 1. The quantitative estimate of drug-likeness (QED) is 0.427. The Morgan fingerprint density at radius 2 is 1.64 bits per heavy atom. The molecule has 0 aliphatic carbocycles. The van der Waals surface area contributed by atoms with Crippen LogP contribution in [0.15, 0.2) is 70.4 Å². The highest BCUT2D eigenvalue weighted by Gasteiger charge is 2.24. The SMILES string of the molecule is CCn1c(=O)n(CC(=O)N2CCN(c3ccc(F)cc3)CC2)c(=O)c2cnc(-c3ccccc3)nc21. The van der Waals surface area contributed by atoms with E-state index >= 15 is 0 Å². The molecule has 0 unspecified atom stereocenters. The van der Waals surface area contributed by atoms with E-state index in [2.05, 4.69) is 14.9 Å². The summed E-state index contributed by atoms with van der Waals surface area (Å²) in [6, 6.07) is 15.5. The molecule has 1 fully saturated rings. The second kappa shape index (κ2) is 9.73. The largest absolute Gasteiger partial charge is 0.368 e. The van der Waals surface area contributed by atoms with Crippen LogP contribution in [0.2, 0.25) is 0 Å². The van der Waals surface area contributed by atoms with Gasteiger partial charge in [0.2, 0.25) is 5.91 Å². The molecule has 0 saturated carbocycles. The molecule has 3 heterocycles. The first-order valence-corrected chi connectivity index (χ1v) is 11.8. The molecule has 1 saturated heterocycles. The van der Waals surface area contributed by atoms with Crippen LogP contribution in [0, 0.1) is 5.82 Å². The van der Waals surface area contributed by atoms with Crippen molar-refractivity contribution in [1.82, 2.24) is 24.0 Å². The summed E-state index contributed by atoms with van der Waals surface area (Å²) >= 11 is 0. The smallest absolute Gasteiger partial charge is 0.333 e. The Balaban J connectivity index is 1.39. The zero-order valence-electron chi connectivity index (χ0n) is 19.8. The summed E-state index contributed by atoms with van der Waals surface area (Å²) in [6.45, 7) is 3.72. The molecule has 9 nitrogen and oxygen atoms in total. The monoisotopic (exact) mass is 488 g/mol. The summed E-state index contributed by atoms with van der Waals surface area (Å²) in [7, 11) is 0. The number of fused-ring (bicyclic) bond motifs is 1. The third-order valence-corrected chi connectivity index (χ3v) is 6.43. The van der Waals surface area contributed by atoms with Crippen LogP contribution in [0.5, 0.6) is 0 Å². The lowest BCUT2D eigenvalue weighted by atomic mass is 10.2. The fraction of sp³-hybridized carbons (Fsp3) is 0.269. The second-order valence-electron chi connectivity index (χ2n) is 8.56. The molecule has 184 valence electrons. The van der Waals surface area contributed by atoms with Crippen LogP contribution in [0.4, 0.5) is 10.1 Å². The number of amides is 1. The zero-order chi connectivity index (χ0) is 25.2. The first-order chi connectivity index (χ1) is 17.5. The van der Waals surface area contributed by atoms with E-state index in [9.17, 15) is 18.8 Å². The molecule has 1 aliphatic rings. The summed E-state index contributed by atoms with van der Waals surface area (Å²) in [4.78, 5) is 52.0. The van der Waals surface area contributed by atoms with Crippen molar-refractivity contribution in [3.8, 4) is 11.4 Å². The lowest BCUT2D eigenvalue weighted by molar-refractivity contribution is -0.132. The van der Waals surface area contributed by atoms with E-state index in [1.165, 1.54) is 22.9 Å². The summed E-state index contributed by atoms with van der Waals surface area (Å²) in [5.74, 6) is -0.193. The molecular formula is C26H25FN6O3. The van der Waals surface area contributed by atoms with Gasteiger partial charge in [0.25, 0.3) is 5.56 Å². The van der Waals surface area contributed by atoms with Gasteiger partial charge in [0, 0.05) is 50.2 Å². The minimum absolute atomic E-state index is 0.185. The van der Waals surface area contributed by atoms with Gasteiger partial charge < -0.3 is 9.80 Å². The van der Waals surface area contributed by atoms with Crippen molar-refractivity contribution in [1.29, 1.82) is 0 Å². The highest BCUT2D eigenvalue weighted by molar-refractivity contribution is 5.78. The summed E-state index contributed by atoms with van der Waals surface area (Å²) in [6.07, 6.45) is 1.42. The van der Waals surface area contributed by atoms with Crippen LogP contribution in [-0.2, 0) is 17.9 Å². The first-order valence-electron chi connectivity index (χ1n) is 11.8. The van der Waals surface area contributed by atoms with E-state index in [-0.39, 0.29) is 35.8 Å². The molecule has 0 radical (unpaired) electrons. The minimum atomic E-state index is -0.586. The number of hydrogen-bond acceptors (Lipinski definition) is 6. The Hall–Kier alpha value is -4.34. The number of aryl methyl sites for hydroxylation is 1. The number of nitrogens with zero attached hydrogens (tertiary/aromatic N) is 6. The standard InChI is InChI=1S/C26H25FN6O3/c1-2-32-24-21(16-28-23(29-24)18-6-4-3-5-7-18)25(35)33(26(32)36)17-22(34)31-14-12-30(13-15-31)20-10-8-19(27)9-11-20/h3-11,16H,2,12-15,17H2,1H3. The summed E-state index contributed by atoms with van der Waals surface area (Å²) < 4.78 is 15.6. The number of piperazine rings is 1. The fourth-order valence-corrected chi connectivity index (χ4v) is 4.45. The van der Waals surface area contributed by atoms with Gasteiger partial charge in [-0.15, -0.1) is 0 Å². The Kier molecular flexibility index (Phi) is 6.32. The predicted molar refractivity (Wildman–Crippen MR) is 134 cm³/mol. The molecular weight excluding hydrogens is 463 g/mol. The maximum atomic E-state index is 13.2. The topological polar surface area (TPSA) is 93.3 Å². The van der Waals surface area contributed by atoms with Crippen LogP contribution in [-0.4, -0.2) is 56.1 Å². The summed E-state index contributed by atoms with van der Waals surface area (Å²) in [5, 5.41) is 0.185. The van der Waals surface area contributed by atoms with E-state index in [4.69, 9.17) is 0 Å². The number of anilines is 1. The first kappa shape index (κ1) is 23.4. The molecule has 5 rings (SSSR count). The van der Waals surface area contributed by atoms with Gasteiger partial charge in [-0.1, -0.05) is 30.3 Å². The maximum absolute atomic E-state index is 13.2. The van der Waals surface area contributed by atoms with Crippen LogP contribution in [0.3, 0.4) is 0 Å². The Labute approximate surface area is 206 Å². The Morgan fingerprint density at radius 3 is 2.31 bits per heavy atom. The highest BCUT2D eigenvalue weighted by atomic mass is 19.1. The van der Waals surface area contributed by atoms with Crippen LogP contribution in [0.25, 0.3) is 22.4 Å². The third kappa shape index (κ3) is 4.37. The molecule has 4 aromatic rings. The summed E-state index contributed by atoms with van der Waals surface area (Å²) in [5.41, 5.74) is 0.741.